The molecule has 3 rings (SSSR count). The normalized spacial score (nSPS) is 15.2. The van der Waals surface area contributed by atoms with Crippen molar-refractivity contribution >= 4 is 29.8 Å². The van der Waals surface area contributed by atoms with Crippen molar-refractivity contribution in [1.29, 1.82) is 5.41 Å². The number of aliphatic carboxylic acids is 1. The first-order chi connectivity index (χ1) is 18.8. The highest BCUT2D eigenvalue weighted by molar-refractivity contribution is 5.92. The third-order valence-corrected chi connectivity index (χ3v) is 6.19. The third-order valence-electron chi connectivity index (χ3n) is 6.19. The number of carbonyl (C=O) groups is 4. The van der Waals surface area contributed by atoms with E-state index in [2.05, 4.69) is 5.32 Å². The maximum absolute atomic E-state index is 12.9. The number of nitrogens with one attached hydrogen (secondary N) is 2. The second-order valence-electron chi connectivity index (χ2n) is 8.97. The minimum Gasteiger partial charge on any atom is -0.484 e. The Kier molecular flexibility index (Phi) is 10.7. The van der Waals surface area contributed by atoms with E-state index in [0.29, 0.717) is 25.1 Å². The van der Waals surface area contributed by atoms with E-state index in [4.69, 9.17) is 20.6 Å². The smallest absolute Gasteiger partial charge is 0.416 e. The Hall–Kier alpha value is -4.61. The molecule has 39 heavy (non-hydrogen) atoms. The molecule has 1 heterocycles. The number of amides is 3. The minimum absolute atomic E-state index is 0.00966. The van der Waals surface area contributed by atoms with Gasteiger partial charge in [0.2, 0.25) is 5.91 Å². The summed E-state index contributed by atoms with van der Waals surface area (Å²) in [5.74, 6) is -2.21. The number of hydrogen-bond donors (Lipinski definition) is 4. The summed E-state index contributed by atoms with van der Waals surface area (Å²) in [4.78, 5) is 52.2. The predicted molar refractivity (Wildman–Crippen MR) is 141 cm³/mol. The molecule has 0 saturated carbocycles. The molecule has 5 N–H and O–H groups in total. The van der Waals surface area contributed by atoms with Crippen molar-refractivity contribution in [1.82, 2.24) is 15.1 Å². The summed E-state index contributed by atoms with van der Waals surface area (Å²) in [5, 5.41) is 19.8. The topological polar surface area (TPSA) is 175 Å². The molecular formula is C27H33N5O7. The highest BCUT2D eigenvalue weighted by atomic mass is 16.6. The van der Waals surface area contributed by atoms with Crippen molar-refractivity contribution in [3.63, 3.8) is 0 Å². The first-order valence-electron chi connectivity index (χ1n) is 12.6. The first kappa shape index (κ1) is 29.0. The Morgan fingerprint density at radius 2 is 1.77 bits per heavy atom. The summed E-state index contributed by atoms with van der Waals surface area (Å²) in [6.45, 7) is 0.0423. The number of nitrogens with two attached hydrogens (primary N) is 1. The number of benzene rings is 2. The number of hydrogen-bond acceptors (Lipinski definition) is 7. The molecule has 0 bridgehead atoms. The summed E-state index contributed by atoms with van der Waals surface area (Å²) >= 11 is 0. The molecule has 0 unspecified atom stereocenters. The van der Waals surface area contributed by atoms with E-state index in [-0.39, 0.29) is 38.5 Å². The van der Waals surface area contributed by atoms with Crippen LogP contribution in [0, 0.1) is 5.41 Å². The van der Waals surface area contributed by atoms with E-state index in [9.17, 15) is 24.3 Å². The van der Waals surface area contributed by atoms with Crippen LogP contribution in [-0.4, -0.2) is 76.5 Å². The number of carboxylic acid groups (broad SMARTS) is 1. The molecule has 0 aliphatic carbocycles. The van der Waals surface area contributed by atoms with Gasteiger partial charge in [-0.05, 0) is 43.4 Å². The van der Waals surface area contributed by atoms with E-state index in [1.807, 2.05) is 12.1 Å². The molecule has 2 atom stereocenters. The summed E-state index contributed by atoms with van der Waals surface area (Å²) in [6, 6.07) is 15.7. The van der Waals surface area contributed by atoms with Gasteiger partial charge >= 0.3 is 12.1 Å². The van der Waals surface area contributed by atoms with Crippen LogP contribution in [0.5, 0.6) is 5.75 Å². The fourth-order valence-electron chi connectivity index (χ4n) is 4.17. The molecule has 12 heteroatoms. The van der Waals surface area contributed by atoms with E-state index < -0.39 is 36.0 Å². The van der Waals surface area contributed by atoms with Gasteiger partial charge in [0, 0.05) is 13.1 Å². The molecule has 1 aliphatic rings. The van der Waals surface area contributed by atoms with Crippen LogP contribution in [0.15, 0.2) is 60.7 Å². The third kappa shape index (κ3) is 8.73. The quantitative estimate of drug-likeness (QED) is 0.234. The summed E-state index contributed by atoms with van der Waals surface area (Å²) in [7, 11) is 0. The van der Waals surface area contributed by atoms with Gasteiger partial charge in [0.05, 0.1) is 0 Å². The van der Waals surface area contributed by atoms with Crippen molar-refractivity contribution in [3.05, 3.63) is 66.2 Å². The van der Waals surface area contributed by atoms with Gasteiger partial charge in [-0.3, -0.25) is 15.0 Å². The lowest BCUT2D eigenvalue weighted by Crippen LogP contribution is -2.51. The number of carboxylic acids is 1. The summed E-state index contributed by atoms with van der Waals surface area (Å²) < 4.78 is 10.7. The largest absolute Gasteiger partial charge is 0.484 e. The maximum atomic E-state index is 12.9. The average Bonchev–Trinajstić information content (AvgIpc) is 3.43. The standard InChI is InChI=1S/C27H33N5O7/c28-26(29)32(27(37)39-17-19-9-3-1-4-10-19)16-7-13-21(25(35)36)30-24(34)22-14-8-15-31(22)23(33)18-38-20-11-5-2-6-12-20/h1-6,9-12,21-22H,7-8,13-18H2,(H3,28,29)(H,30,34)(H,35,36)/t21-,22-/m0/s1. The Morgan fingerprint density at radius 3 is 2.41 bits per heavy atom. The molecule has 1 saturated heterocycles. The predicted octanol–water partition coefficient (Wildman–Crippen LogP) is 1.94. The highest BCUT2D eigenvalue weighted by Gasteiger charge is 2.36. The van der Waals surface area contributed by atoms with Gasteiger partial charge in [-0.25, -0.2) is 14.5 Å². The molecule has 208 valence electrons. The van der Waals surface area contributed by atoms with E-state index >= 15 is 0 Å². The van der Waals surface area contributed by atoms with Crippen LogP contribution in [0.25, 0.3) is 0 Å². The number of para-hydroxylation sites is 1. The minimum atomic E-state index is -1.26. The molecule has 1 aliphatic heterocycles. The lowest BCUT2D eigenvalue weighted by atomic mass is 10.1. The number of likely N-dealkylation sites (tertiary alicyclic amines) is 1. The van der Waals surface area contributed by atoms with Gasteiger partial charge in [0.1, 0.15) is 24.4 Å². The Bertz CT molecular complexity index is 1150. The van der Waals surface area contributed by atoms with Crippen molar-refractivity contribution in [2.24, 2.45) is 5.73 Å². The number of carbonyl (C=O) groups excluding carboxylic acids is 3. The van der Waals surface area contributed by atoms with Gasteiger partial charge in [-0.2, -0.15) is 0 Å². The van der Waals surface area contributed by atoms with Gasteiger partial charge in [-0.1, -0.05) is 48.5 Å². The second kappa shape index (κ2) is 14.4. The fourth-order valence-corrected chi connectivity index (χ4v) is 4.17. The lowest BCUT2D eigenvalue weighted by molar-refractivity contribution is -0.144. The first-order valence-corrected chi connectivity index (χ1v) is 12.6. The van der Waals surface area contributed by atoms with Crippen LogP contribution in [-0.2, 0) is 25.7 Å². The van der Waals surface area contributed by atoms with Crippen LogP contribution in [0.4, 0.5) is 4.79 Å². The molecule has 2 aromatic rings. The van der Waals surface area contributed by atoms with Gasteiger partial charge in [0.25, 0.3) is 5.91 Å². The van der Waals surface area contributed by atoms with Crippen molar-refractivity contribution in [2.75, 3.05) is 19.7 Å². The summed E-state index contributed by atoms with van der Waals surface area (Å²) in [5.41, 5.74) is 6.29. The van der Waals surface area contributed by atoms with Crippen molar-refractivity contribution in [3.8, 4) is 5.75 Å². The molecule has 1 fully saturated rings. The van der Waals surface area contributed by atoms with Crippen molar-refractivity contribution in [2.45, 2.75) is 44.4 Å². The fraction of sp³-hybridized carbons (Fsp3) is 0.370. The van der Waals surface area contributed by atoms with E-state index in [1.54, 1.807) is 48.5 Å². The molecule has 2 aromatic carbocycles. The molecule has 12 nitrogen and oxygen atoms in total. The van der Waals surface area contributed by atoms with Gasteiger partial charge < -0.3 is 30.5 Å². The number of rotatable bonds is 12. The van der Waals surface area contributed by atoms with E-state index in [0.717, 1.165) is 10.5 Å². The number of guanidine groups is 1. The zero-order valence-electron chi connectivity index (χ0n) is 21.5. The van der Waals surface area contributed by atoms with Crippen LogP contribution >= 0.6 is 0 Å². The monoisotopic (exact) mass is 539 g/mol. The molecule has 0 spiro atoms. The highest BCUT2D eigenvalue weighted by Crippen LogP contribution is 2.19. The molecule has 0 aromatic heterocycles. The van der Waals surface area contributed by atoms with Crippen LogP contribution in [0.1, 0.15) is 31.2 Å². The van der Waals surface area contributed by atoms with Gasteiger partial charge in [0.15, 0.2) is 12.6 Å². The molecule has 3 amide bonds. The zero-order chi connectivity index (χ0) is 28.2. The Morgan fingerprint density at radius 1 is 1.10 bits per heavy atom. The average molecular weight is 540 g/mol. The lowest BCUT2D eigenvalue weighted by Gasteiger charge is -2.26. The van der Waals surface area contributed by atoms with Crippen molar-refractivity contribution < 1.29 is 33.8 Å². The summed E-state index contributed by atoms with van der Waals surface area (Å²) in [6.07, 6.45) is 0.260. The zero-order valence-corrected chi connectivity index (χ0v) is 21.5. The van der Waals surface area contributed by atoms with Crippen LogP contribution in [0.3, 0.4) is 0 Å². The van der Waals surface area contributed by atoms with E-state index in [1.165, 1.54) is 4.90 Å². The molecule has 0 radical (unpaired) electrons. The maximum Gasteiger partial charge on any atom is 0.416 e. The molecular weight excluding hydrogens is 506 g/mol. The second-order valence-corrected chi connectivity index (χ2v) is 8.97. The van der Waals surface area contributed by atoms with Gasteiger partial charge in [-0.15, -0.1) is 0 Å². The number of nitrogens with zero attached hydrogens (tertiary/aromatic N) is 2. The van der Waals surface area contributed by atoms with Crippen LogP contribution in [0.2, 0.25) is 0 Å². The van der Waals surface area contributed by atoms with Crippen LogP contribution < -0.4 is 15.8 Å². The Balaban J connectivity index is 1.49. The Labute approximate surface area is 226 Å². The number of ether oxygens (including phenoxy) is 2. The SMILES string of the molecule is N=C(N)N(CCC[C@H](NC(=O)[C@@H]1CCCN1C(=O)COc1ccccc1)C(=O)O)C(=O)OCc1ccccc1.